The molecule has 3 heteroatoms. The molecule has 0 saturated carbocycles. The standard InChI is InChI=1S/C16H30N2O/c1-13(17-10-7-11-18(5)6)12-16(3,4)15-9-8-14(2)19-15/h8-9,13,17H,7,10-12H2,1-6H3. The third-order valence-electron chi connectivity index (χ3n) is 3.50. The van der Waals surface area contributed by atoms with Crippen LogP contribution in [0.3, 0.4) is 0 Å². The quantitative estimate of drug-likeness (QED) is 0.733. The molecule has 0 spiro atoms. The highest BCUT2D eigenvalue weighted by atomic mass is 16.3. The summed E-state index contributed by atoms with van der Waals surface area (Å²) >= 11 is 0. The van der Waals surface area contributed by atoms with Crippen molar-refractivity contribution in [2.45, 2.75) is 52.0 Å². The number of furan rings is 1. The predicted molar refractivity (Wildman–Crippen MR) is 81.7 cm³/mol. The van der Waals surface area contributed by atoms with E-state index in [1.165, 1.54) is 6.42 Å². The Labute approximate surface area is 118 Å². The van der Waals surface area contributed by atoms with Crippen LogP contribution < -0.4 is 5.32 Å². The summed E-state index contributed by atoms with van der Waals surface area (Å²) in [5, 5.41) is 3.60. The van der Waals surface area contributed by atoms with Crippen LogP contribution >= 0.6 is 0 Å². The van der Waals surface area contributed by atoms with Crippen LogP contribution in [0.4, 0.5) is 0 Å². The second-order valence-electron chi connectivity index (χ2n) is 6.51. The molecule has 1 unspecified atom stereocenters. The van der Waals surface area contributed by atoms with Crippen molar-refractivity contribution in [3.8, 4) is 0 Å². The van der Waals surface area contributed by atoms with Crippen molar-refractivity contribution in [3.63, 3.8) is 0 Å². The first kappa shape index (κ1) is 16.3. The molecule has 0 saturated heterocycles. The Morgan fingerprint density at radius 1 is 1.32 bits per heavy atom. The highest BCUT2D eigenvalue weighted by Crippen LogP contribution is 2.29. The molecule has 0 amide bonds. The third kappa shape index (κ3) is 5.79. The van der Waals surface area contributed by atoms with Crippen LogP contribution in [0.25, 0.3) is 0 Å². The lowest BCUT2D eigenvalue weighted by atomic mass is 9.83. The first-order chi connectivity index (χ1) is 8.81. The molecule has 0 fully saturated rings. The predicted octanol–water partition coefficient (Wildman–Crippen LogP) is 3.19. The zero-order valence-electron chi connectivity index (χ0n) is 13.4. The second-order valence-corrected chi connectivity index (χ2v) is 6.51. The van der Waals surface area contributed by atoms with Gasteiger partial charge in [0.25, 0.3) is 0 Å². The second kappa shape index (κ2) is 7.11. The molecule has 0 radical (unpaired) electrons. The van der Waals surface area contributed by atoms with Crippen molar-refractivity contribution in [2.75, 3.05) is 27.2 Å². The van der Waals surface area contributed by atoms with E-state index in [0.717, 1.165) is 31.0 Å². The van der Waals surface area contributed by atoms with Gasteiger partial charge in [-0.1, -0.05) is 13.8 Å². The van der Waals surface area contributed by atoms with Gasteiger partial charge < -0.3 is 14.6 Å². The minimum Gasteiger partial charge on any atom is -0.466 e. The molecule has 0 aliphatic rings. The van der Waals surface area contributed by atoms with Crippen molar-refractivity contribution >= 4 is 0 Å². The van der Waals surface area contributed by atoms with E-state index in [2.05, 4.69) is 51.1 Å². The summed E-state index contributed by atoms with van der Waals surface area (Å²) in [6.45, 7) is 11.0. The van der Waals surface area contributed by atoms with Crippen molar-refractivity contribution in [3.05, 3.63) is 23.7 Å². The Morgan fingerprint density at radius 3 is 2.53 bits per heavy atom. The fraction of sp³-hybridized carbons (Fsp3) is 0.750. The highest BCUT2D eigenvalue weighted by molar-refractivity contribution is 5.15. The van der Waals surface area contributed by atoms with Crippen molar-refractivity contribution in [1.82, 2.24) is 10.2 Å². The normalized spacial score (nSPS) is 14.1. The summed E-state index contributed by atoms with van der Waals surface area (Å²) in [7, 11) is 4.23. The molecule has 0 bridgehead atoms. The number of nitrogens with zero attached hydrogens (tertiary/aromatic N) is 1. The molecular formula is C16H30N2O. The van der Waals surface area contributed by atoms with Gasteiger partial charge in [-0.2, -0.15) is 0 Å². The number of rotatable bonds is 8. The van der Waals surface area contributed by atoms with Crippen LogP contribution in [-0.4, -0.2) is 38.1 Å². The molecule has 1 aromatic rings. The van der Waals surface area contributed by atoms with Crippen LogP contribution in [0.15, 0.2) is 16.5 Å². The minimum absolute atomic E-state index is 0.0855. The zero-order valence-corrected chi connectivity index (χ0v) is 13.4. The molecule has 0 aliphatic heterocycles. The van der Waals surface area contributed by atoms with E-state index in [1.807, 2.05) is 13.0 Å². The molecule has 1 atom stereocenters. The Balaban J connectivity index is 2.36. The van der Waals surface area contributed by atoms with E-state index >= 15 is 0 Å². The van der Waals surface area contributed by atoms with Gasteiger partial charge in [-0.15, -0.1) is 0 Å². The fourth-order valence-corrected chi connectivity index (χ4v) is 2.48. The summed E-state index contributed by atoms with van der Waals surface area (Å²) in [6.07, 6.45) is 2.28. The SMILES string of the molecule is Cc1ccc(C(C)(C)CC(C)NCCCN(C)C)o1. The van der Waals surface area contributed by atoms with Gasteiger partial charge in [-0.05, 0) is 66.0 Å². The van der Waals surface area contributed by atoms with Gasteiger partial charge in [0.15, 0.2) is 0 Å². The number of hydrogen-bond acceptors (Lipinski definition) is 3. The van der Waals surface area contributed by atoms with Crippen LogP contribution in [0.5, 0.6) is 0 Å². The maximum absolute atomic E-state index is 5.77. The first-order valence-corrected chi connectivity index (χ1v) is 7.26. The molecule has 19 heavy (non-hydrogen) atoms. The molecule has 1 rings (SSSR count). The average molecular weight is 266 g/mol. The van der Waals surface area contributed by atoms with Gasteiger partial charge in [0, 0.05) is 11.5 Å². The van der Waals surface area contributed by atoms with E-state index < -0.39 is 0 Å². The van der Waals surface area contributed by atoms with Crippen molar-refractivity contribution in [2.24, 2.45) is 0 Å². The lowest BCUT2D eigenvalue weighted by Crippen LogP contribution is -2.34. The van der Waals surface area contributed by atoms with Gasteiger partial charge in [0.2, 0.25) is 0 Å². The van der Waals surface area contributed by atoms with E-state index in [9.17, 15) is 0 Å². The summed E-state index contributed by atoms with van der Waals surface area (Å²) in [4.78, 5) is 2.22. The first-order valence-electron chi connectivity index (χ1n) is 7.26. The Kier molecular flexibility index (Phi) is 6.08. The van der Waals surface area contributed by atoms with Crippen LogP contribution in [-0.2, 0) is 5.41 Å². The number of aryl methyl sites for hydroxylation is 1. The Morgan fingerprint density at radius 2 is 2.00 bits per heavy atom. The molecule has 0 aromatic carbocycles. The van der Waals surface area contributed by atoms with Crippen LogP contribution in [0.2, 0.25) is 0 Å². The van der Waals surface area contributed by atoms with E-state index in [0.29, 0.717) is 6.04 Å². The molecule has 1 N–H and O–H groups in total. The summed E-state index contributed by atoms with van der Waals surface area (Å²) in [5.74, 6) is 2.08. The Bertz CT molecular complexity index is 369. The van der Waals surface area contributed by atoms with E-state index in [-0.39, 0.29) is 5.41 Å². The summed E-state index contributed by atoms with van der Waals surface area (Å²) in [6, 6.07) is 4.66. The third-order valence-corrected chi connectivity index (χ3v) is 3.50. The molecule has 3 nitrogen and oxygen atoms in total. The van der Waals surface area contributed by atoms with Crippen molar-refractivity contribution < 1.29 is 4.42 Å². The summed E-state index contributed by atoms with van der Waals surface area (Å²) < 4.78 is 5.77. The largest absolute Gasteiger partial charge is 0.466 e. The van der Waals surface area contributed by atoms with E-state index in [4.69, 9.17) is 4.42 Å². The van der Waals surface area contributed by atoms with Gasteiger partial charge in [0.1, 0.15) is 11.5 Å². The molecular weight excluding hydrogens is 236 g/mol. The highest BCUT2D eigenvalue weighted by Gasteiger charge is 2.26. The minimum atomic E-state index is 0.0855. The van der Waals surface area contributed by atoms with Gasteiger partial charge in [-0.3, -0.25) is 0 Å². The molecule has 1 heterocycles. The lowest BCUT2D eigenvalue weighted by molar-refractivity contribution is 0.315. The Hall–Kier alpha value is -0.800. The van der Waals surface area contributed by atoms with Crippen molar-refractivity contribution in [1.29, 1.82) is 0 Å². The summed E-state index contributed by atoms with van der Waals surface area (Å²) in [5.41, 5.74) is 0.0855. The van der Waals surface area contributed by atoms with Gasteiger partial charge in [-0.25, -0.2) is 0 Å². The smallest absolute Gasteiger partial charge is 0.109 e. The van der Waals surface area contributed by atoms with Crippen LogP contribution in [0.1, 0.15) is 45.1 Å². The lowest BCUT2D eigenvalue weighted by Gasteiger charge is -2.27. The average Bonchev–Trinajstić information content (AvgIpc) is 2.71. The fourth-order valence-electron chi connectivity index (χ4n) is 2.48. The molecule has 110 valence electrons. The maximum Gasteiger partial charge on any atom is 0.109 e. The number of hydrogen-bond donors (Lipinski definition) is 1. The topological polar surface area (TPSA) is 28.4 Å². The monoisotopic (exact) mass is 266 g/mol. The maximum atomic E-state index is 5.77. The van der Waals surface area contributed by atoms with Gasteiger partial charge >= 0.3 is 0 Å². The molecule has 0 aliphatic carbocycles. The number of nitrogens with one attached hydrogen (secondary N) is 1. The molecule has 1 aromatic heterocycles. The van der Waals surface area contributed by atoms with E-state index in [1.54, 1.807) is 0 Å². The van der Waals surface area contributed by atoms with Gasteiger partial charge in [0.05, 0.1) is 0 Å². The van der Waals surface area contributed by atoms with Crippen LogP contribution in [0, 0.1) is 6.92 Å². The zero-order chi connectivity index (χ0) is 14.5.